The van der Waals surface area contributed by atoms with Crippen molar-refractivity contribution in [3.05, 3.63) is 46.5 Å². The molecule has 5 rings (SSSR count). The fourth-order valence-electron chi connectivity index (χ4n) is 4.44. The number of hydrogen-bond donors (Lipinski definition) is 2. The van der Waals surface area contributed by atoms with Crippen molar-refractivity contribution in [2.75, 3.05) is 42.2 Å². The topological polar surface area (TPSA) is 62.3 Å². The Kier molecular flexibility index (Phi) is 7.43. The van der Waals surface area contributed by atoms with Gasteiger partial charge < -0.3 is 20.3 Å². The minimum absolute atomic E-state index is 0.108. The highest BCUT2D eigenvalue weighted by Crippen LogP contribution is 2.43. The van der Waals surface area contributed by atoms with Crippen molar-refractivity contribution in [2.45, 2.75) is 44.0 Å². The van der Waals surface area contributed by atoms with E-state index in [0.717, 1.165) is 64.7 Å². The van der Waals surface area contributed by atoms with Crippen molar-refractivity contribution in [1.29, 1.82) is 0 Å². The number of halogens is 3. The predicted octanol–water partition coefficient (Wildman–Crippen LogP) is 5.95. The number of ether oxygens (including phenoxy) is 1. The van der Waals surface area contributed by atoms with E-state index in [2.05, 4.69) is 45.4 Å². The number of benzene rings is 1. The van der Waals surface area contributed by atoms with Crippen LogP contribution in [0.3, 0.4) is 0 Å². The van der Waals surface area contributed by atoms with Crippen molar-refractivity contribution in [2.24, 2.45) is 0 Å². The SMILES string of the molecule is CCc1cc(N2CCNC(C)C2)ccc1Nc1ncc(C(F)(F)F)c(-c2cc3c(s2)COCCS3)n1. The Morgan fingerprint density at radius 3 is 2.92 bits per heavy atom. The molecule has 192 valence electrons. The molecule has 2 aliphatic rings. The summed E-state index contributed by atoms with van der Waals surface area (Å²) in [7, 11) is 0. The second-order valence-corrected chi connectivity index (χ2v) is 11.1. The van der Waals surface area contributed by atoms with Gasteiger partial charge in [0.15, 0.2) is 0 Å². The number of anilines is 3. The molecular weight excluding hydrogens is 507 g/mol. The predicted molar refractivity (Wildman–Crippen MR) is 140 cm³/mol. The Labute approximate surface area is 216 Å². The number of aromatic nitrogens is 2. The van der Waals surface area contributed by atoms with E-state index in [1.54, 1.807) is 17.8 Å². The molecule has 1 unspecified atom stereocenters. The van der Waals surface area contributed by atoms with Gasteiger partial charge in [-0.25, -0.2) is 9.97 Å². The van der Waals surface area contributed by atoms with Crippen LogP contribution in [0.5, 0.6) is 0 Å². The van der Waals surface area contributed by atoms with Crippen LogP contribution in [0.15, 0.2) is 35.4 Å². The monoisotopic (exact) mass is 535 g/mol. The number of aryl methyl sites for hydroxylation is 1. The van der Waals surface area contributed by atoms with Gasteiger partial charge in [-0.05, 0) is 43.2 Å². The van der Waals surface area contributed by atoms with Crippen molar-refractivity contribution in [1.82, 2.24) is 15.3 Å². The summed E-state index contributed by atoms with van der Waals surface area (Å²) in [6, 6.07) is 8.35. The first-order valence-electron chi connectivity index (χ1n) is 12.0. The van der Waals surface area contributed by atoms with Gasteiger partial charge >= 0.3 is 6.18 Å². The maximum atomic E-state index is 13.9. The summed E-state index contributed by atoms with van der Waals surface area (Å²) in [4.78, 5) is 13.1. The third-order valence-corrected chi connectivity index (χ3v) is 8.56. The summed E-state index contributed by atoms with van der Waals surface area (Å²) in [5.41, 5.74) is 2.04. The van der Waals surface area contributed by atoms with Gasteiger partial charge in [0.05, 0.1) is 23.8 Å². The van der Waals surface area contributed by atoms with Gasteiger partial charge in [0.2, 0.25) is 5.95 Å². The number of rotatable bonds is 5. The summed E-state index contributed by atoms with van der Waals surface area (Å²) in [6.45, 7) is 8.05. The van der Waals surface area contributed by atoms with Crippen LogP contribution >= 0.6 is 23.1 Å². The average Bonchev–Trinajstić information content (AvgIpc) is 3.13. The average molecular weight is 536 g/mol. The van der Waals surface area contributed by atoms with Crippen molar-refractivity contribution in [3.8, 4) is 10.6 Å². The number of thioether (sulfide) groups is 1. The summed E-state index contributed by atoms with van der Waals surface area (Å²) >= 11 is 2.90. The van der Waals surface area contributed by atoms with Crippen LogP contribution in [0.2, 0.25) is 0 Å². The van der Waals surface area contributed by atoms with Gasteiger partial charge in [0, 0.05) is 58.8 Å². The Bertz CT molecular complexity index is 1210. The van der Waals surface area contributed by atoms with E-state index >= 15 is 0 Å². The summed E-state index contributed by atoms with van der Waals surface area (Å²) < 4.78 is 47.2. The Hall–Kier alpha value is -2.34. The molecule has 2 aromatic heterocycles. The lowest BCUT2D eigenvalue weighted by Crippen LogP contribution is -2.49. The molecule has 0 aliphatic carbocycles. The van der Waals surface area contributed by atoms with Gasteiger partial charge in [-0.15, -0.1) is 23.1 Å². The van der Waals surface area contributed by atoms with E-state index in [-0.39, 0.29) is 11.6 Å². The van der Waals surface area contributed by atoms with E-state index in [9.17, 15) is 13.2 Å². The minimum Gasteiger partial charge on any atom is -0.375 e. The van der Waals surface area contributed by atoms with Gasteiger partial charge in [-0.1, -0.05) is 6.92 Å². The Morgan fingerprint density at radius 1 is 1.28 bits per heavy atom. The highest BCUT2D eigenvalue weighted by atomic mass is 32.2. The number of hydrogen-bond acceptors (Lipinski definition) is 8. The summed E-state index contributed by atoms with van der Waals surface area (Å²) in [5, 5.41) is 6.63. The Balaban J connectivity index is 1.46. The fourth-order valence-corrected chi connectivity index (χ4v) is 6.66. The van der Waals surface area contributed by atoms with Crippen molar-refractivity contribution in [3.63, 3.8) is 0 Å². The molecule has 0 spiro atoms. The lowest BCUT2D eigenvalue weighted by molar-refractivity contribution is -0.137. The number of piperazine rings is 1. The molecule has 2 aliphatic heterocycles. The van der Waals surface area contributed by atoms with Crippen molar-refractivity contribution < 1.29 is 17.9 Å². The molecule has 36 heavy (non-hydrogen) atoms. The quantitative estimate of drug-likeness (QED) is 0.419. The molecule has 6 nitrogen and oxygen atoms in total. The molecule has 4 heterocycles. The molecule has 2 N–H and O–H groups in total. The van der Waals surface area contributed by atoms with Crippen LogP contribution in [0.25, 0.3) is 10.6 Å². The summed E-state index contributed by atoms with van der Waals surface area (Å²) in [6.07, 6.45) is -2.92. The molecule has 1 atom stereocenters. The molecule has 0 radical (unpaired) electrons. The number of fused-ring (bicyclic) bond motifs is 1. The number of alkyl halides is 3. The molecule has 11 heteroatoms. The maximum absolute atomic E-state index is 13.9. The van der Waals surface area contributed by atoms with E-state index in [4.69, 9.17) is 4.74 Å². The van der Waals surface area contributed by atoms with Crippen LogP contribution in [0, 0.1) is 0 Å². The third-order valence-electron chi connectivity index (χ3n) is 6.27. The number of nitrogens with zero attached hydrogens (tertiary/aromatic N) is 3. The molecule has 0 amide bonds. The smallest absolute Gasteiger partial charge is 0.375 e. The lowest BCUT2D eigenvalue weighted by atomic mass is 10.1. The third kappa shape index (κ3) is 5.49. The Morgan fingerprint density at radius 2 is 2.14 bits per heavy atom. The number of nitrogens with one attached hydrogen (secondary N) is 2. The van der Waals surface area contributed by atoms with Crippen LogP contribution in [0.4, 0.5) is 30.5 Å². The highest BCUT2D eigenvalue weighted by molar-refractivity contribution is 7.99. The second-order valence-electron chi connectivity index (χ2n) is 8.87. The first-order valence-corrected chi connectivity index (χ1v) is 13.8. The van der Waals surface area contributed by atoms with Gasteiger partial charge in [-0.2, -0.15) is 13.2 Å². The van der Waals surface area contributed by atoms with E-state index in [1.807, 2.05) is 12.1 Å². The van der Waals surface area contributed by atoms with E-state index < -0.39 is 11.7 Å². The molecule has 0 saturated carbocycles. The highest BCUT2D eigenvalue weighted by Gasteiger charge is 2.36. The molecule has 0 bridgehead atoms. The van der Waals surface area contributed by atoms with E-state index in [1.165, 1.54) is 11.3 Å². The lowest BCUT2D eigenvalue weighted by Gasteiger charge is -2.34. The zero-order chi connectivity index (χ0) is 25.3. The molecule has 3 aromatic rings. The van der Waals surface area contributed by atoms with Gasteiger partial charge in [0.1, 0.15) is 5.56 Å². The van der Waals surface area contributed by atoms with Crippen LogP contribution in [-0.2, 0) is 23.9 Å². The molecule has 1 aromatic carbocycles. The van der Waals surface area contributed by atoms with E-state index in [0.29, 0.717) is 24.1 Å². The van der Waals surface area contributed by atoms with Gasteiger partial charge in [0.25, 0.3) is 0 Å². The molecule has 1 fully saturated rings. The number of thiophene rings is 1. The summed E-state index contributed by atoms with van der Waals surface area (Å²) in [5.74, 6) is 0.915. The largest absolute Gasteiger partial charge is 0.420 e. The zero-order valence-corrected chi connectivity index (χ0v) is 21.7. The molecule has 1 saturated heterocycles. The second kappa shape index (κ2) is 10.6. The zero-order valence-electron chi connectivity index (χ0n) is 20.1. The molecular formula is C25H28F3N5OS2. The van der Waals surface area contributed by atoms with Crippen LogP contribution in [0.1, 0.15) is 29.9 Å². The minimum atomic E-state index is -4.56. The normalized spacial score (nSPS) is 18.6. The fraction of sp³-hybridized carbons (Fsp3) is 0.440. The first-order chi connectivity index (χ1) is 17.3. The standard InChI is InChI=1S/C25H28F3N5OS2/c1-3-16-10-17(33-7-6-29-15(2)13-33)4-5-19(16)31-24-30-12-18(25(26,27)28)23(32-24)21-11-20-22(36-21)14-34-8-9-35-20/h4-5,10-12,15,29H,3,6-9,13-14H2,1-2H3,(H,30,31,32). The first kappa shape index (κ1) is 25.3. The maximum Gasteiger partial charge on any atom is 0.420 e. The van der Waals surface area contributed by atoms with Gasteiger partial charge in [-0.3, -0.25) is 0 Å². The van der Waals surface area contributed by atoms with Crippen LogP contribution < -0.4 is 15.5 Å². The van der Waals surface area contributed by atoms with Crippen LogP contribution in [-0.4, -0.2) is 48.0 Å². The van der Waals surface area contributed by atoms with Crippen molar-refractivity contribution >= 4 is 40.4 Å².